The second-order valence-corrected chi connectivity index (χ2v) is 2.44. The Hall–Kier alpha value is -1.02. The van der Waals surface area contributed by atoms with Gasteiger partial charge in [-0.25, -0.2) is 4.39 Å². The summed E-state index contributed by atoms with van der Waals surface area (Å²) in [4.78, 5) is 0. The summed E-state index contributed by atoms with van der Waals surface area (Å²) in [7, 11) is 0. The summed E-state index contributed by atoms with van der Waals surface area (Å²) in [6.45, 7) is 1.73. The van der Waals surface area contributed by atoms with Crippen LogP contribution in [-0.4, -0.2) is 0 Å². The fourth-order valence-electron chi connectivity index (χ4n) is 0.653. The Labute approximate surface area is 75.4 Å². The molecule has 0 atom stereocenters. The van der Waals surface area contributed by atoms with Gasteiger partial charge in [0.1, 0.15) is 11.6 Å². The summed E-state index contributed by atoms with van der Waals surface area (Å²) in [5.41, 5.74) is 0. The molecule has 0 aliphatic heterocycles. The maximum absolute atomic E-state index is 12.5. The molecule has 1 rings (SSSR count). The van der Waals surface area contributed by atoms with Crippen LogP contribution >= 0.6 is 11.6 Å². The lowest BCUT2D eigenvalue weighted by Crippen LogP contribution is -1.87. The lowest BCUT2D eigenvalue weighted by molar-refractivity contribution is 0.456. The quantitative estimate of drug-likeness (QED) is 0.644. The molecule has 0 amide bonds. The van der Waals surface area contributed by atoms with Crippen LogP contribution < -0.4 is 4.74 Å². The van der Waals surface area contributed by atoms with Gasteiger partial charge in [-0.3, -0.25) is 0 Å². The summed E-state index contributed by atoms with van der Waals surface area (Å²) in [5, 5.41) is 0.223. The minimum atomic E-state index is -0.465. The second kappa shape index (κ2) is 4.12. The SMILES string of the molecule is CC=C(Cl)Oc1cc[c]c(F)c1. The molecular formula is C9H7ClFO. The number of halogens is 2. The first-order valence-corrected chi connectivity index (χ1v) is 3.77. The van der Waals surface area contributed by atoms with Crippen molar-refractivity contribution >= 4 is 11.6 Å². The first-order chi connectivity index (χ1) is 5.72. The van der Waals surface area contributed by atoms with Crippen molar-refractivity contribution in [3.63, 3.8) is 0 Å². The highest BCUT2D eigenvalue weighted by atomic mass is 35.5. The normalized spacial score (nSPS) is 11.4. The summed E-state index contributed by atoms with van der Waals surface area (Å²) in [6, 6.07) is 6.58. The molecule has 0 bridgehead atoms. The molecule has 0 saturated heterocycles. The fourth-order valence-corrected chi connectivity index (χ4v) is 0.742. The van der Waals surface area contributed by atoms with E-state index in [2.05, 4.69) is 6.07 Å². The van der Waals surface area contributed by atoms with E-state index in [-0.39, 0.29) is 5.22 Å². The van der Waals surface area contributed by atoms with Gasteiger partial charge in [-0.1, -0.05) is 0 Å². The van der Waals surface area contributed by atoms with Gasteiger partial charge in [0.25, 0.3) is 0 Å². The van der Waals surface area contributed by atoms with Crippen molar-refractivity contribution in [3.05, 3.63) is 41.4 Å². The maximum atomic E-state index is 12.5. The van der Waals surface area contributed by atoms with Crippen LogP contribution in [0.2, 0.25) is 0 Å². The third-order valence-electron chi connectivity index (χ3n) is 1.18. The van der Waals surface area contributed by atoms with E-state index in [1.165, 1.54) is 12.1 Å². The highest BCUT2D eigenvalue weighted by Crippen LogP contribution is 2.16. The van der Waals surface area contributed by atoms with Crippen molar-refractivity contribution in [2.45, 2.75) is 6.92 Å². The van der Waals surface area contributed by atoms with Gasteiger partial charge in [0.05, 0.1) is 0 Å². The number of hydrogen-bond acceptors (Lipinski definition) is 1. The Kier molecular flexibility index (Phi) is 3.11. The zero-order chi connectivity index (χ0) is 8.97. The van der Waals surface area contributed by atoms with Gasteiger partial charge in [0.15, 0.2) is 5.22 Å². The Bertz CT molecular complexity index is 296. The summed E-state index contributed by atoms with van der Waals surface area (Å²) in [5.74, 6) is -0.0950. The molecular weight excluding hydrogens is 179 g/mol. The number of allylic oxidation sites excluding steroid dienone is 1. The molecule has 0 saturated carbocycles. The predicted molar refractivity (Wildman–Crippen MR) is 45.5 cm³/mol. The molecule has 0 aliphatic rings. The molecule has 1 aromatic carbocycles. The van der Waals surface area contributed by atoms with Crippen LogP contribution in [0.3, 0.4) is 0 Å². The Morgan fingerprint density at radius 2 is 2.50 bits per heavy atom. The Morgan fingerprint density at radius 3 is 3.08 bits per heavy atom. The predicted octanol–water partition coefficient (Wildman–Crippen LogP) is 3.10. The van der Waals surface area contributed by atoms with Crippen LogP contribution in [0.1, 0.15) is 6.92 Å². The zero-order valence-corrected chi connectivity index (χ0v) is 7.23. The molecule has 0 aliphatic carbocycles. The van der Waals surface area contributed by atoms with Crippen LogP contribution in [0.5, 0.6) is 5.75 Å². The molecule has 3 heteroatoms. The van der Waals surface area contributed by atoms with E-state index in [0.717, 1.165) is 0 Å². The summed E-state index contributed by atoms with van der Waals surface area (Å²) in [6.07, 6.45) is 1.58. The van der Waals surface area contributed by atoms with Crippen molar-refractivity contribution < 1.29 is 9.13 Å². The molecule has 0 N–H and O–H groups in total. The highest BCUT2D eigenvalue weighted by molar-refractivity contribution is 6.28. The highest BCUT2D eigenvalue weighted by Gasteiger charge is 1.97. The Balaban J connectivity index is 2.76. The van der Waals surface area contributed by atoms with Gasteiger partial charge in [-0.15, -0.1) is 0 Å². The van der Waals surface area contributed by atoms with Crippen molar-refractivity contribution in [1.82, 2.24) is 0 Å². The third-order valence-corrected chi connectivity index (χ3v) is 1.48. The van der Waals surface area contributed by atoms with Crippen molar-refractivity contribution in [2.24, 2.45) is 0 Å². The molecule has 1 nitrogen and oxygen atoms in total. The molecule has 0 unspecified atom stereocenters. The smallest absolute Gasteiger partial charge is 0.189 e. The molecule has 63 valence electrons. The van der Waals surface area contributed by atoms with E-state index in [9.17, 15) is 4.39 Å². The monoisotopic (exact) mass is 185 g/mol. The van der Waals surface area contributed by atoms with E-state index in [1.54, 1.807) is 19.1 Å². The average Bonchev–Trinajstić information content (AvgIpc) is 2.04. The molecule has 0 spiro atoms. The minimum Gasteiger partial charge on any atom is -0.446 e. The van der Waals surface area contributed by atoms with E-state index in [4.69, 9.17) is 16.3 Å². The number of rotatable bonds is 2. The van der Waals surface area contributed by atoms with E-state index in [0.29, 0.717) is 5.75 Å². The molecule has 12 heavy (non-hydrogen) atoms. The maximum Gasteiger partial charge on any atom is 0.189 e. The van der Waals surface area contributed by atoms with Gasteiger partial charge in [0, 0.05) is 12.1 Å². The van der Waals surface area contributed by atoms with Gasteiger partial charge in [-0.2, -0.15) is 0 Å². The lowest BCUT2D eigenvalue weighted by Gasteiger charge is -2.01. The first-order valence-electron chi connectivity index (χ1n) is 3.39. The van der Waals surface area contributed by atoms with Crippen LogP contribution in [0.15, 0.2) is 29.5 Å². The Morgan fingerprint density at radius 1 is 1.75 bits per heavy atom. The van der Waals surface area contributed by atoms with Crippen LogP contribution in [-0.2, 0) is 0 Å². The summed E-state index contributed by atoms with van der Waals surface area (Å²) < 4.78 is 17.5. The molecule has 0 heterocycles. The first kappa shape index (κ1) is 9.07. The van der Waals surface area contributed by atoms with Gasteiger partial charge in [0.2, 0.25) is 0 Å². The van der Waals surface area contributed by atoms with Crippen LogP contribution in [0, 0.1) is 11.9 Å². The molecule has 1 radical (unpaired) electrons. The van der Waals surface area contributed by atoms with E-state index in [1.807, 2.05) is 0 Å². The van der Waals surface area contributed by atoms with Crippen molar-refractivity contribution in [1.29, 1.82) is 0 Å². The van der Waals surface area contributed by atoms with Crippen molar-refractivity contribution in [3.8, 4) is 5.75 Å². The van der Waals surface area contributed by atoms with Gasteiger partial charge >= 0.3 is 0 Å². The fraction of sp³-hybridized carbons (Fsp3) is 0.111. The number of ether oxygens (including phenoxy) is 1. The van der Waals surface area contributed by atoms with Gasteiger partial charge in [-0.05, 0) is 36.7 Å². The average molecular weight is 186 g/mol. The minimum absolute atomic E-state index is 0.223. The third kappa shape index (κ3) is 2.55. The lowest BCUT2D eigenvalue weighted by atomic mass is 10.3. The van der Waals surface area contributed by atoms with Crippen LogP contribution in [0.4, 0.5) is 4.39 Å². The van der Waals surface area contributed by atoms with Crippen molar-refractivity contribution in [2.75, 3.05) is 0 Å². The second-order valence-electron chi connectivity index (χ2n) is 2.07. The van der Waals surface area contributed by atoms with E-state index < -0.39 is 5.82 Å². The summed E-state index contributed by atoms with van der Waals surface area (Å²) >= 11 is 5.56. The number of hydrogen-bond donors (Lipinski definition) is 0. The van der Waals surface area contributed by atoms with E-state index >= 15 is 0 Å². The standard InChI is InChI=1S/C9H7ClFO/c1-2-9(10)12-8-5-3-4-7(11)6-8/h2-3,5-6H,1H3. The topological polar surface area (TPSA) is 9.23 Å². The number of benzene rings is 1. The zero-order valence-electron chi connectivity index (χ0n) is 6.47. The van der Waals surface area contributed by atoms with Crippen LogP contribution in [0.25, 0.3) is 0 Å². The molecule has 1 aromatic rings. The molecule has 0 aromatic heterocycles. The molecule has 0 fully saturated rings. The largest absolute Gasteiger partial charge is 0.446 e. The van der Waals surface area contributed by atoms with Gasteiger partial charge < -0.3 is 4.74 Å².